The number of hydrogen-bond donors (Lipinski definition) is 3. The summed E-state index contributed by atoms with van der Waals surface area (Å²) >= 11 is 0. The molecule has 1 rings (SSSR count). The lowest BCUT2D eigenvalue weighted by Gasteiger charge is -2.29. The van der Waals surface area contributed by atoms with Crippen molar-refractivity contribution in [1.29, 1.82) is 0 Å². The van der Waals surface area contributed by atoms with Crippen LogP contribution in [0.5, 0.6) is 0 Å². The fourth-order valence-electron chi connectivity index (χ4n) is 2.21. The Balaban J connectivity index is 2.41. The summed E-state index contributed by atoms with van der Waals surface area (Å²) in [5.74, 6) is 0. The summed E-state index contributed by atoms with van der Waals surface area (Å²) in [4.78, 5) is 2.26. The molecule has 126 valence electrons. The van der Waals surface area contributed by atoms with Crippen LogP contribution in [0.4, 0.5) is 26.3 Å². The predicted octanol–water partition coefficient (Wildman–Crippen LogP) is -1.73. The van der Waals surface area contributed by atoms with Gasteiger partial charge in [0.2, 0.25) is 6.10 Å². The van der Waals surface area contributed by atoms with E-state index in [-0.39, 0.29) is 6.54 Å². The van der Waals surface area contributed by atoms with E-state index in [1.807, 2.05) is 7.05 Å². The van der Waals surface area contributed by atoms with Crippen molar-refractivity contribution in [2.24, 2.45) is 0 Å². The Kier molecular flexibility index (Phi) is 6.26. The minimum Gasteiger partial charge on any atom is -0.385 e. The number of aliphatic hydroxyl groups excluding tert-OH is 1. The Morgan fingerprint density at radius 2 is 1.48 bits per heavy atom. The molecule has 1 aliphatic heterocycles. The molecule has 1 saturated heterocycles. The lowest BCUT2D eigenvalue weighted by atomic mass is 10.2. The standard InChI is InChI=1S/C11H18F6N2O2/c1-18-2-4-19(5-3-18)6-8(20)7-21-9(10(12,13)14)11(15,16)17/h8-9,20H,2-7H2,1H3/p+2/t8-/m1/s1. The summed E-state index contributed by atoms with van der Waals surface area (Å²) in [6.45, 7) is 2.20. The van der Waals surface area contributed by atoms with Crippen molar-refractivity contribution in [3.63, 3.8) is 0 Å². The quantitative estimate of drug-likeness (QED) is 0.526. The zero-order chi connectivity index (χ0) is 16.3. The maximum Gasteiger partial charge on any atom is 0.423 e. The number of ether oxygens (including phenoxy) is 1. The molecule has 0 saturated carbocycles. The lowest BCUT2D eigenvalue weighted by molar-refractivity contribution is -1.00. The maximum atomic E-state index is 12.2. The molecule has 0 unspecified atom stereocenters. The fourth-order valence-corrected chi connectivity index (χ4v) is 2.21. The van der Waals surface area contributed by atoms with Crippen LogP contribution in [0.25, 0.3) is 0 Å². The molecule has 4 nitrogen and oxygen atoms in total. The summed E-state index contributed by atoms with van der Waals surface area (Å²) in [7, 11) is 1.99. The second-order valence-electron chi connectivity index (χ2n) is 5.36. The molecule has 0 bridgehead atoms. The van der Waals surface area contributed by atoms with Gasteiger partial charge in [0.1, 0.15) is 38.8 Å². The van der Waals surface area contributed by atoms with Gasteiger partial charge >= 0.3 is 12.4 Å². The van der Waals surface area contributed by atoms with Crippen molar-refractivity contribution >= 4 is 0 Å². The third-order valence-corrected chi connectivity index (χ3v) is 3.38. The van der Waals surface area contributed by atoms with Crippen molar-refractivity contribution in [2.45, 2.75) is 24.6 Å². The first kappa shape index (κ1) is 18.5. The van der Waals surface area contributed by atoms with Crippen LogP contribution in [0.2, 0.25) is 0 Å². The van der Waals surface area contributed by atoms with Crippen LogP contribution in [0.3, 0.4) is 0 Å². The summed E-state index contributed by atoms with van der Waals surface area (Å²) in [5.41, 5.74) is 0. The number of hydrogen-bond acceptors (Lipinski definition) is 2. The monoisotopic (exact) mass is 326 g/mol. The molecule has 21 heavy (non-hydrogen) atoms. The van der Waals surface area contributed by atoms with E-state index in [4.69, 9.17) is 0 Å². The van der Waals surface area contributed by atoms with Gasteiger partial charge in [-0.25, -0.2) is 0 Å². The van der Waals surface area contributed by atoms with E-state index >= 15 is 0 Å². The van der Waals surface area contributed by atoms with Gasteiger partial charge in [-0.2, -0.15) is 26.3 Å². The first-order valence-corrected chi connectivity index (χ1v) is 6.58. The zero-order valence-electron chi connectivity index (χ0n) is 11.5. The topological polar surface area (TPSA) is 38.3 Å². The molecular weight excluding hydrogens is 306 g/mol. The summed E-state index contributed by atoms with van der Waals surface area (Å²) in [5, 5.41) is 9.56. The first-order valence-electron chi connectivity index (χ1n) is 6.58. The molecule has 10 heteroatoms. The van der Waals surface area contributed by atoms with Gasteiger partial charge in [-0.1, -0.05) is 0 Å². The van der Waals surface area contributed by atoms with Crippen LogP contribution >= 0.6 is 0 Å². The molecule has 0 spiro atoms. The van der Waals surface area contributed by atoms with E-state index in [9.17, 15) is 31.4 Å². The second-order valence-corrected chi connectivity index (χ2v) is 5.36. The summed E-state index contributed by atoms with van der Waals surface area (Å²) < 4.78 is 77.3. The number of alkyl halides is 6. The van der Waals surface area contributed by atoms with Crippen LogP contribution in [-0.4, -0.2) is 76.0 Å². The maximum absolute atomic E-state index is 12.2. The molecule has 3 N–H and O–H groups in total. The summed E-state index contributed by atoms with van der Waals surface area (Å²) in [6.07, 6.45) is -16.3. The minimum atomic E-state index is -5.54. The Hall–Kier alpha value is -0.580. The number of aliphatic hydroxyl groups is 1. The average molecular weight is 326 g/mol. The largest absolute Gasteiger partial charge is 0.423 e. The highest BCUT2D eigenvalue weighted by Gasteiger charge is 2.58. The molecule has 0 aliphatic carbocycles. The van der Waals surface area contributed by atoms with E-state index in [1.165, 1.54) is 4.90 Å². The first-order chi connectivity index (χ1) is 9.50. The van der Waals surface area contributed by atoms with Crippen LogP contribution in [0.15, 0.2) is 0 Å². The van der Waals surface area contributed by atoms with Gasteiger partial charge in [0.25, 0.3) is 0 Å². The van der Waals surface area contributed by atoms with Gasteiger partial charge in [0.15, 0.2) is 0 Å². The SMILES string of the molecule is C[NH+]1CC[NH+](C[C@@H](O)COC(C(F)(F)F)C(F)(F)F)CC1. The van der Waals surface area contributed by atoms with Gasteiger partial charge < -0.3 is 19.6 Å². The molecular formula is C11H20F6N2O2+2. The minimum absolute atomic E-state index is 0.0791. The molecule has 0 aromatic rings. The highest BCUT2D eigenvalue weighted by Crippen LogP contribution is 2.35. The Labute approximate surface area is 118 Å². The highest BCUT2D eigenvalue weighted by atomic mass is 19.4. The van der Waals surface area contributed by atoms with Crippen LogP contribution in [0.1, 0.15) is 0 Å². The third kappa shape index (κ3) is 6.37. The van der Waals surface area contributed by atoms with E-state index in [1.54, 1.807) is 0 Å². The molecule has 0 aromatic heterocycles. The summed E-state index contributed by atoms with van der Waals surface area (Å²) in [6, 6.07) is 0. The van der Waals surface area contributed by atoms with E-state index < -0.39 is 31.2 Å². The van der Waals surface area contributed by atoms with Gasteiger partial charge in [-0.05, 0) is 0 Å². The number of nitrogens with one attached hydrogen (secondary N) is 2. The van der Waals surface area contributed by atoms with Gasteiger partial charge in [0.05, 0.1) is 13.7 Å². The predicted molar refractivity (Wildman–Crippen MR) is 60.0 cm³/mol. The van der Waals surface area contributed by atoms with Crippen molar-refractivity contribution in [3.05, 3.63) is 0 Å². The highest BCUT2D eigenvalue weighted by molar-refractivity contribution is 4.76. The molecule has 0 amide bonds. The number of halogens is 6. The molecule has 1 atom stereocenters. The van der Waals surface area contributed by atoms with Crippen molar-refractivity contribution in [1.82, 2.24) is 0 Å². The fraction of sp³-hybridized carbons (Fsp3) is 1.00. The smallest absolute Gasteiger partial charge is 0.385 e. The molecule has 1 fully saturated rings. The number of quaternary nitrogens is 2. The van der Waals surface area contributed by atoms with Crippen LogP contribution < -0.4 is 9.80 Å². The lowest BCUT2D eigenvalue weighted by Crippen LogP contribution is -3.27. The van der Waals surface area contributed by atoms with E-state index in [2.05, 4.69) is 4.74 Å². The van der Waals surface area contributed by atoms with Gasteiger partial charge in [-0.3, -0.25) is 0 Å². The van der Waals surface area contributed by atoms with Crippen molar-refractivity contribution in [3.8, 4) is 0 Å². The number of rotatable bonds is 5. The molecule has 0 radical (unpaired) electrons. The molecule has 1 aliphatic rings. The Bertz CT molecular complexity index is 301. The van der Waals surface area contributed by atoms with E-state index in [0.29, 0.717) is 13.1 Å². The molecule has 0 aromatic carbocycles. The zero-order valence-corrected chi connectivity index (χ0v) is 11.5. The number of piperazine rings is 1. The van der Waals surface area contributed by atoms with Crippen LogP contribution in [0, 0.1) is 0 Å². The second kappa shape index (κ2) is 7.12. The van der Waals surface area contributed by atoms with Crippen LogP contribution in [-0.2, 0) is 4.74 Å². The third-order valence-electron chi connectivity index (χ3n) is 3.38. The number of likely N-dealkylation sites (N-methyl/N-ethyl adjacent to an activating group) is 1. The van der Waals surface area contributed by atoms with E-state index in [0.717, 1.165) is 18.0 Å². The van der Waals surface area contributed by atoms with Crippen molar-refractivity contribution in [2.75, 3.05) is 46.4 Å². The normalized spacial score (nSPS) is 26.1. The Morgan fingerprint density at radius 3 is 1.90 bits per heavy atom. The average Bonchev–Trinajstić information content (AvgIpc) is 2.28. The van der Waals surface area contributed by atoms with Crippen molar-refractivity contribution < 1.29 is 46.0 Å². The van der Waals surface area contributed by atoms with Gasteiger partial charge in [-0.15, -0.1) is 0 Å². The Morgan fingerprint density at radius 1 is 1.00 bits per heavy atom. The molecule has 1 heterocycles. The van der Waals surface area contributed by atoms with Gasteiger partial charge in [0, 0.05) is 0 Å².